The van der Waals surface area contributed by atoms with Gasteiger partial charge in [0, 0.05) is 14.1 Å². The standard InChI is InChI=1S/C12H16N2O2/c1-7-5-6-9-10(8(7)2)14(4)11(12(15)16)13(9)3/h5-6,11H,1-4H3,(H,15,16). The number of rotatable bonds is 1. The molecule has 1 aromatic carbocycles. The van der Waals surface area contributed by atoms with Crippen molar-refractivity contribution in [3.8, 4) is 0 Å². The fourth-order valence-corrected chi connectivity index (χ4v) is 2.36. The molecule has 0 saturated carbocycles. The molecule has 4 heteroatoms. The average Bonchev–Trinajstić information content (AvgIpc) is 2.45. The number of aryl methyl sites for hydroxylation is 1. The summed E-state index contributed by atoms with van der Waals surface area (Å²) >= 11 is 0. The van der Waals surface area contributed by atoms with Crippen molar-refractivity contribution in [3.63, 3.8) is 0 Å². The van der Waals surface area contributed by atoms with Crippen molar-refractivity contribution in [1.82, 2.24) is 0 Å². The lowest BCUT2D eigenvalue weighted by Crippen LogP contribution is -2.45. The summed E-state index contributed by atoms with van der Waals surface area (Å²) in [6, 6.07) is 4.01. The molecule has 0 radical (unpaired) electrons. The molecule has 0 bridgehead atoms. The van der Waals surface area contributed by atoms with Gasteiger partial charge in [0.05, 0.1) is 11.4 Å². The van der Waals surface area contributed by atoms with Crippen LogP contribution >= 0.6 is 0 Å². The van der Waals surface area contributed by atoms with Crippen LogP contribution in [0.3, 0.4) is 0 Å². The van der Waals surface area contributed by atoms with Crippen LogP contribution in [0.25, 0.3) is 0 Å². The lowest BCUT2D eigenvalue weighted by atomic mass is 10.1. The molecular formula is C12H16N2O2. The molecular weight excluding hydrogens is 204 g/mol. The van der Waals surface area contributed by atoms with Gasteiger partial charge in [0.1, 0.15) is 0 Å². The van der Waals surface area contributed by atoms with E-state index < -0.39 is 12.1 Å². The first-order valence-electron chi connectivity index (χ1n) is 5.24. The number of aliphatic carboxylic acids is 1. The summed E-state index contributed by atoms with van der Waals surface area (Å²) in [5.41, 5.74) is 4.34. The predicted octanol–water partition coefficient (Wildman–Crippen LogP) is 1.60. The number of hydrogen-bond donors (Lipinski definition) is 1. The summed E-state index contributed by atoms with van der Waals surface area (Å²) in [6.45, 7) is 4.07. The van der Waals surface area contributed by atoms with Crippen LogP contribution in [0.5, 0.6) is 0 Å². The van der Waals surface area contributed by atoms with Gasteiger partial charge >= 0.3 is 5.97 Å². The van der Waals surface area contributed by atoms with Crippen LogP contribution in [0.15, 0.2) is 12.1 Å². The van der Waals surface area contributed by atoms with Crippen molar-refractivity contribution in [2.75, 3.05) is 23.9 Å². The van der Waals surface area contributed by atoms with E-state index in [-0.39, 0.29) is 0 Å². The van der Waals surface area contributed by atoms with Gasteiger partial charge in [-0.3, -0.25) is 0 Å². The Morgan fingerprint density at radius 2 is 1.88 bits per heavy atom. The third-order valence-corrected chi connectivity index (χ3v) is 3.37. The summed E-state index contributed by atoms with van der Waals surface area (Å²) in [4.78, 5) is 14.8. The van der Waals surface area contributed by atoms with Crippen molar-refractivity contribution in [2.45, 2.75) is 20.0 Å². The van der Waals surface area contributed by atoms with E-state index in [1.54, 1.807) is 4.90 Å². The molecule has 1 heterocycles. The molecule has 4 nitrogen and oxygen atoms in total. The van der Waals surface area contributed by atoms with Crippen molar-refractivity contribution in [2.24, 2.45) is 0 Å². The van der Waals surface area contributed by atoms with Gasteiger partial charge in [-0.1, -0.05) is 6.07 Å². The highest BCUT2D eigenvalue weighted by Crippen LogP contribution is 2.41. The topological polar surface area (TPSA) is 43.8 Å². The van der Waals surface area contributed by atoms with Crippen LogP contribution in [0, 0.1) is 13.8 Å². The number of carboxylic acid groups (broad SMARTS) is 1. The second kappa shape index (κ2) is 3.40. The molecule has 0 fully saturated rings. The second-order valence-corrected chi connectivity index (χ2v) is 4.31. The lowest BCUT2D eigenvalue weighted by molar-refractivity contribution is -0.138. The largest absolute Gasteiger partial charge is 0.478 e. The van der Waals surface area contributed by atoms with Crippen LogP contribution in [0.1, 0.15) is 11.1 Å². The Kier molecular flexibility index (Phi) is 2.30. The van der Waals surface area contributed by atoms with E-state index in [0.717, 1.165) is 16.9 Å². The van der Waals surface area contributed by atoms with Gasteiger partial charge < -0.3 is 14.9 Å². The molecule has 0 aromatic heterocycles. The van der Waals surface area contributed by atoms with E-state index in [0.29, 0.717) is 0 Å². The van der Waals surface area contributed by atoms with E-state index in [4.69, 9.17) is 0 Å². The Morgan fingerprint density at radius 1 is 1.25 bits per heavy atom. The zero-order valence-corrected chi connectivity index (χ0v) is 9.98. The number of carbonyl (C=O) groups is 1. The molecule has 1 aliphatic heterocycles. The number of benzene rings is 1. The highest BCUT2D eigenvalue weighted by atomic mass is 16.4. The Balaban J connectivity index is 2.59. The van der Waals surface area contributed by atoms with Crippen molar-refractivity contribution < 1.29 is 9.90 Å². The van der Waals surface area contributed by atoms with E-state index in [9.17, 15) is 9.90 Å². The van der Waals surface area contributed by atoms with E-state index >= 15 is 0 Å². The Morgan fingerprint density at radius 3 is 2.44 bits per heavy atom. The van der Waals surface area contributed by atoms with Gasteiger partial charge in [0.25, 0.3) is 0 Å². The highest BCUT2D eigenvalue weighted by Gasteiger charge is 2.37. The smallest absolute Gasteiger partial charge is 0.347 e. The molecule has 2 rings (SSSR count). The molecule has 0 aliphatic carbocycles. The molecule has 1 aromatic rings. The monoisotopic (exact) mass is 220 g/mol. The highest BCUT2D eigenvalue weighted by molar-refractivity contribution is 5.92. The molecule has 1 unspecified atom stereocenters. The van der Waals surface area contributed by atoms with Crippen LogP contribution in [-0.2, 0) is 4.79 Å². The number of likely N-dealkylation sites (N-methyl/N-ethyl adjacent to an activating group) is 2. The molecule has 0 saturated heterocycles. The van der Waals surface area contributed by atoms with E-state index in [2.05, 4.69) is 0 Å². The molecule has 0 amide bonds. The maximum atomic E-state index is 11.2. The summed E-state index contributed by atoms with van der Waals surface area (Å²) in [5, 5.41) is 9.20. The minimum absolute atomic E-state index is 0.601. The molecule has 16 heavy (non-hydrogen) atoms. The fourth-order valence-electron chi connectivity index (χ4n) is 2.36. The summed E-state index contributed by atoms with van der Waals surface area (Å²) < 4.78 is 0. The quantitative estimate of drug-likeness (QED) is 0.780. The van der Waals surface area contributed by atoms with Crippen LogP contribution in [-0.4, -0.2) is 31.3 Å². The van der Waals surface area contributed by atoms with Crippen molar-refractivity contribution in [3.05, 3.63) is 23.3 Å². The molecule has 1 atom stereocenters. The lowest BCUT2D eigenvalue weighted by Gasteiger charge is -2.23. The zero-order chi connectivity index (χ0) is 12.0. The fraction of sp³-hybridized carbons (Fsp3) is 0.417. The first-order valence-corrected chi connectivity index (χ1v) is 5.24. The van der Waals surface area contributed by atoms with Crippen LogP contribution < -0.4 is 9.80 Å². The first-order chi connectivity index (χ1) is 7.45. The number of hydrogen-bond acceptors (Lipinski definition) is 3. The SMILES string of the molecule is Cc1ccc2c(c1C)N(C)C(C(=O)O)N2C. The Hall–Kier alpha value is -1.71. The van der Waals surface area contributed by atoms with Gasteiger partial charge in [-0.05, 0) is 31.0 Å². The number of anilines is 2. The van der Waals surface area contributed by atoms with Crippen LogP contribution in [0.2, 0.25) is 0 Å². The zero-order valence-electron chi connectivity index (χ0n) is 9.98. The third kappa shape index (κ3) is 1.26. The number of nitrogens with zero attached hydrogens (tertiary/aromatic N) is 2. The van der Waals surface area contributed by atoms with Crippen molar-refractivity contribution >= 4 is 17.3 Å². The number of carboxylic acids is 1. The third-order valence-electron chi connectivity index (χ3n) is 3.37. The normalized spacial score (nSPS) is 18.9. The Labute approximate surface area is 95.1 Å². The van der Waals surface area contributed by atoms with E-state index in [1.165, 1.54) is 5.56 Å². The Bertz CT molecular complexity index is 457. The predicted molar refractivity (Wildman–Crippen MR) is 64.1 cm³/mol. The second-order valence-electron chi connectivity index (χ2n) is 4.31. The van der Waals surface area contributed by atoms with E-state index in [1.807, 2.05) is 45.0 Å². The molecule has 1 N–H and O–H groups in total. The molecule has 0 spiro atoms. The van der Waals surface area contributed by atoms with Gasteiger partial charge in [0.15, 0.2) is 0 Å². The number of fused-ring (bicyclic) bond motifs is 1. The molecule has 1 aliphatic rings. The molecule has 86 valence electrons. The van der Waals surface area contributed by atoms with Gasteiger partial charge in [-0.2, -0.15) is 0 Å². The van der Waals surface area contributed by atoms with Gasteiger partial charge in [-0.15, -0.1) is 0 Å². The van der Waals surface area contributed by atoms with Gasteiger partial charge in [-0.25, -0.2) is 4.79 Å². The minimum Gasteiger partial charge on any atom is -0.478 e. The maximum Gasteiger partial charge on any atom is 0.347 e. The van der Waals surface area contributed by atoms with Gasteiger partial charge in [0.2, 0.25) is 6.17 Å². The average molecular weight is 220 g/mol. The minimum atomic E-state index is -0.821. The summed E-state index contributed by atoms with van der Waals surface area (Å²) in [7, 11) is 3.64. The first kappa shape index (κ1) is 10.8. The summed E-state index contributed by atoms with van der Waals surface area (Å²) in [5.74, 6) is -0.821. The van der Waals surface area contributed by atoms with Crippen LogP contribution in [0.4, 0.5) is 11.4 Å². The summed E-state index contributed by atoms with van der Waals surface area (Å²) in [6.07, 6.45) is -0.601. The van der Waals surface area contributed by atoms with Crippen molar-refractivity contribution in [1.29, 1.82) is 0 Å². The maximum absolute atomic E-state index is 11.2.